The highest BCUT2D eigenvalue weighted by molar-refractivity contribution is 6.33. The first-order valence-corrected chi connectivity index (χ1v) is 11.3. The van der Waals surface area contributed by atoms with Gasteiger partial charge in [0.15, 0.2) is 0 Å². The maximum atomic E-state index is 12.8. The molecule has 2 aliphatic carbocycles. The fraction of sp³-hybridized carbons (Fsp3) is 0.667. The highest BCUT2D eigenvalue weighted by Gasteiger charge is 2.39. The number of nitrogens with one attached hydrogen (secondary N) is 2. The standard InChI is InChI=1S/C23H35ClN2O2.CH2/c1-28-14-13-25-12-4-7-18-8-9-21(24)20(15-18)22(27)26-17-23-10-2-5-19(16-23)6-3-11-23;/h8-9,15,19,25H,2-7,10-14,16-17H2,1H3,(H,26,27);1H2. The highest BCUT2D eigenvalue weighted by Crippen LogP contribution is 2.48. The molecule has 0 heterocycles. The summed E-state index contributed by atoms with van der Waals surface area (Å²) >= 11 is 6.35. The first-order chi connectivity index (χ1) is 13.6. The number of amides is 1. The summed E-state index contributed by atoms with van der Waals surface area (Å²) in [7, 11) is 1.71. The van der Waals surface area contributed by atoms with E-state index in [1.165, 1.54) is 44.9 Å². The highest BCUT2D eigenvalue weighted by atomic mass is 35.5. The Morgan fingerprint density at radius 2 is 2.00 bits per heavy atom. The molecule has 2 fully saturated rings. The molecule has 0 spiro atoms. The Hall–Kier alpha value is -1.10. The lowest BCUT2D eigenvalue weighted by molar-refractivity contribution is 0.0682. The van der Waals surface area contributed by atoms with Crippen LogP contribution >= 0.6 is 11.6 Å². The number of carbonyl (C=O) groups is 1. The van der Waals surface area contributed by atoms with E-state index in [4.69, 9.17) is 16.3 Å². The van der Waals surface area contributed by atoms with Crippen molar-refractivity contribution in [3.8, 4) is 0 Å². The van der Waals surface area contributed by atoms with Gasteiger partial charge in [0.2, 0.25) is 0 Å². The van der Waals surface area contributed by atoms with Crippen molar-refractivity contribution in [1.29, 1.82) is 0 Å². The number of benzene rings is 1. The second-order valence-corrected chi connectivity index (χ2v) is 9.11. The molecule has 29 heavy (non-hydrogen) atoms. The normalized spacial score (nSPS) is 23.3. The summed E-state index contributed by atoms with van der Waals surface area (Å²) in [6, 6.07) is 5.86. The molecular formula is C24H37ClN2O2. The number of carbonyl (C=O) groups excluding carboxylic acids is 1. The van der Waals surface area contributed by atoms with Gasteiger partial charge in [-0.15, -0.1) is 0 Å². The third kappa shape index (κ3) is 6.97. The summed E-state index contributed by atoms with van der Waals surface area (Å²) in [5.41, 5.74) is 2.11. The number of fused-ring (bicyclic) bond motifs is 2. The Bertz CT molecular complexity index is 640. The van der Waals surface area contributed by atoms with Crippen molar-refractivity contribution < 1.29 is 9.53 Å². The molecule has 0 saturated heterocycles. The monoisotopic (exact) mass is 420 g/mol. The summed E-state index contributed by atoms with van der Waals surface area (Å²) in [4.78, 5) is 12.8. The molecule has 2 aliphatic rings. The van der Waals surface area contributed by atoms with E-state index in [1.807, 2.05) is 18.2 Å². The summed E-state index contributed by atoms with van der Waals surface area (Å²) in [5.74, 6) is 0.857. The van der Waals surface area contributed by atoms with E-state index in [9.17, 15) is 4.79 Å². The van der Waals surface area contributed by atoms with Crippen molar-refractivity contribution in [3.05, 3.63) is 41.8 Å². The maximum Gasteiger partial charge on any atom is 0.252 e. The summed E-state index contributed by atoms with van der Waals surface area (Å²) in [5, 5.41) is 7.12. The Morgan fingerprint density at radius 3 is 2.72 bits per heavy atom. The first kappa shape index (κ1) is 24.2. The number of halogens is 1. The van der Waals surface area contributed by atoms with Gasteiger partial charge in [0.25, 0.3) is 5.91 Å². The van der Waals surface area contributed by atoms with Crippen LogP contribution in [0.3, 0.4) is 0 Å². The molecule has 0 atom stereocenters. The third-order valence-corrected chi connectivity index (χ3v) is 6.89. The van der Waals surface area contributed by atoms with Crippen molar-refractivity contribution >= 4 is 17.5 Å². The van der Waals surface area contributed by atoms with Crippen LogP contribution < -0.4 is 10.6 Å². The van der Waals surface area contributed by atoms with E-state index in [1.54, 1.807) is 7.11 Å². The van der Waals surface area contributed by atoms with Crippen molar-refractivity contribution in [2.24, 2.45) is 11.3 Å². The van der Waals surface area contributed by atoms with E-state index in [0.29, 0.717) is 16.0 Å². The van der Waals surface area contributed by atoms with Crippen molar-refractivity contribution in [1.82, 2.24) is 10.6 Å². The van der Waals surface area contributed by atoms with Gasteiger partial charge in [-0.2, -0.15) is 0 Å². The van der Waals surface area contributed by atoms with Crippen LogP contribution in [0.4, 0.5) is 0 Å². The molecule has 5 heteroatoms. The lowest BCUT2D eigenvalue weighted by Crippen LogP contribution is -2.43. The lowest BCUT2D eigenvalue weighted by atomic mass is 9.62. The molecule has 162 valence electrons. The number of hydrogen-bond acceptors (Lipinski definition) is 3. The van der Waals surface area contributed by atoms with E-state index in [2.05, 4.69) is 10.6 Å². The van der Waals surface area contributed by atoms with Crippen LogP contribution in [-0.4, -0.2) is 39.3 Å². The van der Waals surface area contributed by atoms with Gasteiger partial charge in [-0.05, 0) is 67.7 Å². The average Bonchev–Trinajstić information content (AvgIpc) is 2.70. The zero-order chi connectivity index (χ0) is 19.8. The molecular weight excluding hydrogens is 384 g/mol. The predicted octanol–water partition coefficient (Wildman–Crippen LogP) is 4.93. The summed E-state index contributed by atoms with van der Waals surface area (Å²) in [6.07, 6.45) is 11.1. The summed E-state index contributed by atoms with van der Waals surface area (Å²) in [6.45, 7) is 3.34. The zero-order valence-electron chi connectivity index (χ0n) is 17.9. The zero-order valence-corrected chi connectivity index (χ0v) is 18.7. The SMILES string of the molecule is COCCNCCCc1ccc(Cl)c(C(=O)NCC23CCCC(CCC2)C3)c1.[CH2]. The molecule has 3 rings (SSSR count). The molecule has 2 radical (unpaired) electrons. The van der Waals surface area contributed by atoms with Crippen molar-refractivity contribution in [2.45, 2.75) is 57.8 Å². The van der Waals surface area contributed by atoms with Crippen LogP contribution in [0.1, 0.15) is 67.3 Å². The molecule has 1 aromatic rings. The number of hydrogen-bond donors (Lipinski definition) is 2. The van der Waals surface area contributed by atoms with Gasteiger partial charge in [-0.3, -0.25) is 4.79 Å². The second kappa shape index (κ2) is 11.9. The average molecular weight is 421 g/mol. The van der Waals surface area contributed by atoms with Gasteiger partial charge in [0.1, 0.15) is 0 Å². The number of methoxy groups -OCH3 is 1. The van der Waals surface area contributed by atoms with E-state index < -0.39 is 0 Å². The molecule has 1 amide bonds. The van der Waals surface area contributed by atoms with Gasteiger partial charge in [-0.1, -0.05) is 50.8 Å². The van der Waals surface area contributed by atoms with Crippen LogP contribution in [0.15, 0.2) is 18.2 Å². The number of ether oxygens (including phenoxy) is 1. The third-order valence-electron chi connectivity index (χ3n) is 6.56. The maximum absolute atomic E-state index is 12.8. The lowest BCUT2D eigenvalue weighted by Gasteiger charge is -2.45. The van der Waals surface area contributed by atoms with Gasteiger partial charge in [0.05, 0.1) is 17.2 Å². The smallest absolute Gasteiger partial charge is 0.252 e. The fourth-order valence-corrected chi connectivity index (χ4v) is 5.26. The molecule has 0 aromatic heterocycles. The van der Waals surface area contributed by atoms with Gasteiger partial charge in [-0.25, -0.2) is 0 Å². The van der Waals surface area contributed by atoms with Gasteiger partial charge >= 0.3 is 0 Å². The van der Waals surface area contributed by atoms with Crippen LogP contribution in [0.25, 0.3) is 0 Å². The van der Waals surface area contributed by atoms with Crippen LogP contribution in [0.2, 0.25) is 5.02 Å². The first-order valence-electron chi connectivity index (χ1n) is 10.9. The molecule has 2 saturated carbocycles. The number of aryl methyl sites for hydroxylation is 1. The van der Waals surface area contributed by atoms with Crippen LogP contribution in [0.5, 0.6) is 0 Å². The second-order valence-electron chi connectivity index (χ2n) is 8.70. The van der Waals surface area contributed by atoms with E-state index in [0.717, 1.165) is 50.6 Å². The number of rotatable bonds is 10. The molecule has 4 nitrogen and oxygen atoms in total. The minimum Gasteiger partial charge on any atom is -0.383 e. The minimum absolute atomic E-state index is 0. The van der Waals surface area contributed by atoms with Gasteiger partial charge < -0.3 is 15.4 Å². The van der Waals surface area contributed by atoms with Crippen molar-refractivity contribution in [3.63, 3.8) is 0 Å². The molecule has 2 bridgehead atoms. The Balaban J connectivity index is 0.00000300. The Kier molecular flexibility index (Phi) is 9.94. The molecule has 2 N–H and O–H groups in total. The Labute approximate surface area is 182 Å². The predicted molar refractivity (Wildman–Crippen MR) is 120 cm³/mol. The van der Waals surface area contributed by atoms with Gasteiger partial charge in [0, 0.05) is 20.2 Å². The molecule has 0 aliphatic heterocycles. The van der Waals surface area contributed by atoms with Crippen LogP contribution in [0, 0.1) is 18.8 Å². The Morgan fingerprint density at radius 1 is 1.24 bits per heavy atom. The largest absolute Gasteiger partial charge is 0.383 e. The van der Waals surface area contributed by atoms with E-state index in [-0.39, 0.29) is 13.3 Å². The van der Waals surface area contributed by atoms with Crippen molar-refractivity contribution in [2.75, 3.05) is 33.4 Å². The molecule has 1 aromatic carbocycles. The van der Waals surface area contributed by atoms with Crippen LogP contribution in [-0.2, 0) is 11.2 Å². The molecule has 0 unspecified atom stereocenters. The topological polar surface area (TPSA) is 50.4 Å². The summed E-state index contributed by atoms with van der Waals surface area (Å²) < 4.78 is 5.03. The minimum atomic E-state index is -0.0212. The fourth-order valence-electron chi connectivity index (χ4n) is 5.05. The van der Waals surface area contributed by atoms with E-state index >= 15 is 0 Å². The quantitative estimate of drug-likeness (QED) is 0.528.